The van der Waals surface area contributed by atoms with Gasteiger partial charge in [0.05, 0.1) is 5.69 Å². The molecule has 25 heavy (non-hydrogen) atoms. The third-order valence-corrected chi connectivity index (χ3v) is 3.84. The number of amides is 1. The molecule has 0 unspecified atom stereocenters. The standard InChI is InChI=1S/C18H19N5OS/c1-3-4-17(24)20-18(25)19-13-7-10-15-16(11-13)22-23(21-15)14-8-5-12(2)6-9-14/h5-11H,3-4H2,1-2H3,(H2,19,20,24,25). The summed E-state index contributed by atoms with van der Waals surface area (Å²) in [4.78, 5) is 13.2. The molecule has 0 aliphatic heterocycles. The maximum atomic E-state index is 11.6. The molecule has 2 aromatic carbocycles. The van der Waals surface area contributed by atoms with E-state index < -0.39 is 0 Å². The quantitative estimate of drug-likeness (QED) is 0.704. The predicted octanol–water partition coefficient (Wildman–Crippen LogP) is 3.34. The number of nitrogens with zero attached hydrogens (tertiary/aromatic N) is 3. The molecule has 0 aliphatic rings. The first-order valence-electron chi connectivity index (χ1n) is 8.10. The molecular formula is C18H19N5OS. The highest BCUT2D eigenvalue weighted by Gasteiger charge is 2.08. The molecule has 1 heterocycles. The largest absolute Gasteiger partial charge is 0.332 e. The van der Waals surface area contributed by atoms with E-state index in [1.54, 1.807) is 4.80 Å². The van der Waals surface area contributed by atoms with Gasteiger partial charge in [-0.2, -0.15) is 4.80 Å². The summed E-state index contributed by atoms with van der Waals surface area (Å²) in [6.07, 6.45) is 1.23. The molecule has 1 aromatic heterocycles. The van der Waals surface area contributed by atoms with Gasteiger partial charge in [-0.1, -0.05) is 24.6 Å². The van der Waals surface area contributed by atoms with Gasteiger partial charge in [0.15, 0.2) is 5.11 Å². The highest BCUT2D eigenvalue weighted by molar-refractivity contribution is 7.80. The molecular weight excluding hydrogens is 334 g/mol. The topological polar surface area (TPSA) is 71.8 Å². The number of fused-ring (bicyclic) bond motifs is 1. The van der Waals surface area contributed by atoms with E-state index in [0.717, 1.165) is 28.8 Å². The molecule has 0 fully saturated rings. The lowest BCUT2D eigenvalue weighted by Gasteiger charge is -2.08. The van der Waals surface area contributed by atoms with Crippen molar-refractivity contribution < 1.29 is 4.79 Å². The van der Waals surface area contributed by atoms with Gasteiger partial charge in [0.2, 0.25) is 5.91 Å². The molecule has 0 spiro atoms. The first-order chi connectivity index (χ1) is 12.0. The van der Waals surface area contributed by atoms with E-state index in [4.69, 9.17) is 12.2 Å². The average Bonchev–Trinajstić information content (AvgIpc) is 2.98. The fourth-order valence-electron chi connectivity index (χ4n) is 2.36. The molecule has 0 saturated heterocycles. The number of hydrogen-bond donors (Lipinski definition) is 2. The van der Waals surface area contributed by atoms with E-state index in [-0.39, 0.29) is 11.0 Å². The van der Waals surface area contributed by atoms with E-state index in [1.807, 2.05) is 56.3 Å². The van der Waals surface area contributed by atoms with E-state index in [9.17, 15) is 4.79 Å². The third kappa shape index (κ3) is 4.19. The number of rotatable bonds is 4. The number of carbonyl (C=O) groups excluding carboxylic acids is 1. The molecule has 0 saturated carbocycles. The van der Waals surface area contributed by atoms with Crippen LogP contribution in [0.15, 0.2) is 42.5 Å². The zero-order valence-electron chi connectivity index (χ0n) is 14.1. The molecule has 0 atom stereocenters. The van der Waals surface area contributed by atoms with Gasteiger partial charge in [-0.25, -0.2) is 0 Å². The van der Waals surface area contributed by atoms with Crippen LogP contribution in [-0.2, 0) is 4.79 Å². The molecule has 6 nitrogen and oxygen atoms in total. The van der Waals surface area contributed by atoms with Crippen LogP contribution in [0.2, 0.25) is 0 Å². The Morgan fingerprint density at radius 1 is 1.12 bits per heavy atom. The lowest BCUT2D eigenvalue weighted by molar-refractivity contribution is -0.119. The number of benzene rings is 2. The Bertz CT molecular complexity index is 917. The van der Waals surface area contributed by atoms with Crippen LogP contribution in [0.1, 0.15) is 25.3 Å². The smallest absolute Gasteiger partial charge is 0.226 e. The second-order valence-corrected chi connectivity index (χ2v) is 6.19. The first-order valence-corrected chi connectivity index (χ1v) is 8.51. The lowest BCUT2D eigenvalue weighted by Crippen LogP contribution is -2.33. The van der Waals surface area contributed by atoms with Crippen LogP contribution < -0.4 is 10.6 Å². The summed E-state index contributed by atoms with van der Waals surface area (Å²) in [5.41, 5.74) is 4.37. The van der Waals surface area contributed by atoms with Gasteiger partial charge in [-0.15, -0.1) is 10.2 Å². The van der Waals surface area contributed by atoms with Gasteiger partial charge in [-0.05, 0) is 55.9 Å². The predicted molar refractivity (Wildman–Crippen MR) is 103 cm³/mol. The summed E-state index contributed by atoms with van der Waals surface area (Å²) in [6.45, 7) is 3.98. The van der Waals surface area contributed by atoms with Crippen molar-refractivity contribution in [3.63, 3.8) is 0 Å². The Hall–Kier alpha value is -2.80. The van der Waals surface area contributed by atoms with Crippen LogP contribution in [0.5, 0.6) is 0 Å². The number of thiocarbonyl (C=S) groups is 1. The summed E-state index contributed by atoms with van der Waals surface area (Å²) in [7, 11) is 0. The lowest BCUT2D eigenvalue weighted by atomic mass is 10.2. The summed E-state index contributed by atoms with van der Waals surface area (Å²) in [6, 6.07) is 13.6. The van der Waals surface area contributed by atoms with Crippen molar-refractivity contribution in [2.45, 2.75) is 26.7 Å². The van der Waals surface area contributed by atoms with Gasteiger partial charge < -0.3 is 10.6 Å². The summed E-state index contributed by atoms with van der Waals surface area (Å²) in [5, 5.41) is 14.9. The molecule has 2 N–H and O–H groups in total. The second kappa shape index (κ2) is 7.40. The van der Waals surface area contributed by atoms with Crippen molar-refractivity contribution in [2.24, 2.45) is 0 Å². The van der Waals surface area contributed by atoms with Crippen LogP contribution in [0.3, 0.4) is 0 Å². The highest BCUT2D eigenvalue weighted by Crippen LogP contribution is 2.17. The molecule has 3 rings (SSSR count). The fraction of sp³-hybridized carbons (Fsp3) is 0.222. The summed E-state index contributed by atoms with van der Waals surface area (Å²) >= 11 is 5.16. The van der Waals surface area contributed by atoms with Crippen LogP contribution >= 0.6 is 12.2 Å². The number of aryl methyl sites for hydroxylation is 1. The highest BCUT2D eigenvalue weighted by atomic mass is 32.1. The number of carbonyl (C=O) groups is 1. The van der Waals surface area contributed by atoms with Gasteiger partial charge in [-0.3, -0.25) is 4.79 Å². The zero-order chi connectivity index (χ0) is 17.8. The maximum absolute atomic E-state index is 11.6. The van der Waals surface area contributed by atoms with Gasteiger partial charge in [0.25, 0.3) is 0 Å². The third-order valence-electron chi connectivity index (χ3n) is 3.63. The molecule has 7 heteroatoms. The van der Waals surface area contributed by atoms with E-state index in [2.05, 4.69) is 20.8 Å². The SMILES string of the molecule is CCCC(=O)NC(=S)Nc1ccc2nn(-c3ccc(C)cc3)nc2c1. The van der Waals surface area contributed by atoms with Crippen LogP contribution in [0.25, 0.3) is 16.7 Å². The van der Waals surface area contributed by atoms with Crippen molar-refractivity contribution in [3.8, 4) is 5.69 Å². The van der Waals surface area contributed by atoms with E-state index in [1.165, 1.54) is 5.56 Å². The van der Waals surface area contributed by atoms with Crippen LogP contribution in [-0.4, -0.2) is 26.0 Å². The Morgan fingerprint density at radius 2 is 1.84 bits per heavy atom. The molecule has 128 valence electrons. The number of nitrogens with one attached hydrogen (secondary N) is 2. The molecule has 3 aromatic rings. The van der Waals surface area contributed by atoms with E-state index in [0.29, 0.717) is 6.42 Å². The first kappa shape index (κ1) is 17.0. The fourth-order valence-corrected chi connectivity index (χ4v) is 2.60. The Balaban J connectivity index is 1.77. The second-order valence-electron chi connectivity index (χ2n) is 5.78. The minimum absolute atomic E-state index is 0.0913. The van der Waals surface area contributed by atoms with E-state index >= 15 is 0 Å². The number of hydrogen-bond acceptors (Lipinski definition) is 4. The minimum atomic E-state index is -0.0913. The van der Waals surface area contributed by atoms with Gasteiger partial charge in [0, 0.05) is 12.1 Å². The number of anilines is 1. The molecule has 1 amide bonds. The van der Waals surface area contributed by atoms with Crippen molar-refractivity contribution in [3.05, 3.63) is 48.0 Å². The Morgan fingerprint density at radius 3 is 2.56 bits per heavy atom. The van der Waals surface area contributed by atoms with Crippen LogP contribution in [0.4, 0.5) is 5.69 Å². The summed E-state index contributed by atoms with van der Waals surface area (Å²) < 4.78 is 0. The molecule has 0 aliphatic carbocycles. The monoisotopic (exact) mass is 353 g/mol. The average molecular weight is 353 g/mol. The van der Waals surface area contributed by atoms with Crippen molar-refractivity contribution in [1.29, 1.82) is 0 Å². The van der Waals surface area contributed by atoms with Crippen molar-refractivity contribution in [1.82, 2.24) is 20.3 Å². The molecule has 0 radical (unpaired) electrons. The van der Waals surface area contributed by atoms with Crippen LogP contribution in [0, 0.1) is 6.92 Å². The van der Waals surface area contributed by atoms with Gasteiger partial charge in [0.1, 0.15) is 11.0 Å². The Labute approximate surface area is 151 Å². The Kier molecular flexibility index (Phi) is 5.04. The maximum Gasteiger partial charge on any atom is 0.226 e. The molecule has 0 bridgehead atoms. The minimum Gasteiger partial charge on any atom is -0.332 e. The van der Waals surface area contributed by atoms with Crippen molar-refractivity contribution in [2.75, 3.05) is 5.32 Å². The number of aromatic nitrogens is 3. The zero-order valence-corrected chi connectivity index (χ0v) is 14.9. The van der Waals surface area contributed by atoms with Crippen molar-refractivity contribution >= 4 is 40.0 Å². The summed E-state index contributed by atoms with van der Waals surface area (Å²) in [5.74, 6) is -0.0913. The van der Waals surface area contributed by atoms with Gasteiger partial charge >= 0.3 is 0 Å². The normalized spacial score (nSPS) is 10.6.